The van der Waals surface area contributed by atoms with Crippen LogP contribution in [0.3, 0.4) is 0 Å². The predicted molar refractivity (Wildman–Crippen MR) is 101 cm³/mol. The predicted octanol–water partition coefficient (Wildman–Crippen LogP) is 3.79. The van der Waals surface area contributed by atoms with Crippen molar-refractivity contribution < 1.29 is 9.59 Å². The molecule has 0 saturated heterocycles. The van der Waals surface area contributed by atoms with E-state index in [1.165, 1.54) is 22.7 Å². The minimum Gasteiger partial charge on any atom is -0.323 e. The standard InChI is InChI=1S/C18H15N3O2S2/c22-16(20-13-7-8-25-18(13)14-10-24-11-19-14)9-21-15-4-2-1-3-12(15)5-6-17(21)23/h1-4,7-8,10-11H,5-6,9H2,(H,20,22). The van der Waals surface area contributed by atoms with E-state index in [2.05, 4.69) is 10.3 Å². The number of thiophene rings is 1. The number of thiazole rings is 1. The van der Waals surface area contributed by atoms with Gasteiger partial charge in [-0.15, -0.1) is 22.7 Å². The van der Waals surface area contributed by atoms with E-state index in [0.717, 1.165) is 33.9 Å². The Morgan fingerprint density at radius 1 is 1.24 bits per heavy atom. The maximum Gasteiger partial charge on any atom is 0.244 e. The molecule has 4 rings (SSSR count). The number of hydrogen-bond acceptors (Lipinski definition) is 5. The maximum absolute atomic E-state index is 12.5. The van der Waals surface area contributed by atoms with E-state index >= 15 is 0 Å². The van der Waals surface area contributed by atoms with E-state index in [1.54, 1.807) is 10.4 Å². The molecule has 0 unspecified atom stereocenters. The van der Waals surface area contributed by atoms with Gasteiger partial charge in [0, 0.05) is 17.5 Å². The van der Waals surface area contributed by atoms with E-state index in [1.807, 2.05) is 41.1 Å². The van der Waals surface area contributed by atoms with Gasteiger partial charge >= 0.3 is 0 Å². The molecule has 0 bridgehead atoms. The average molecular weight is 369 g/mol. The number of benzene rings is 1. The van der Waals surface area contributed by atoms with Gasteiger partial charge in [0.25, 0.3) is 0 Å². The highest BCUT2D eigenvalue weighted by atomic mass is 32.1. The highest BCUT2D eigenvalue weighted by Gasteiger charge is 2.26. The zero-order valence-corrected chi connectivity index (χ0v) is 14.9. The van der Waals surface area contributed by atoms with Crippen LogP contribution in [-0.4, -0.2) is 23.3 Å². The molecule has 1 aliphatic rings. The molecule has 0 fully saturated rings. The fourth-order valence-corrected chi connectivity index (χ4v) is 4.37. The van der Waals surface area contributed by atoms with Gasteiger partial charge in [-0.2, -0.15) is 0 Å². The summed E-state index contributed by atoms with van der Waals surface area (Å²) in [6.45, 7) is 0.0161. The van der Waals surface area contributed by atoms with E-state index in [-0.39, 0.29) is 18.4 Å². The van der Waals surface area contributed by atoms with E-state index < -0.39 is 0 Å². The number of aromatic nitrogens is 1. The Morgan fingerprint density at radius 3 is 2.96 bits per heavy atom. The third-order valence-electron chi connectivity index (χ3n) is 4.10. The Labute approximate surface area is 152 Å². The molecule has 7 heteroatoms. The molecular weight excluding hydrogens is 354 g/mol. The van der Waals surface area contributed by atoms with E-state index in [4.69, 9.17) is 0 Å². The van der Waals surface area contributed by atoms with Crippen molar-refractivity contribution in [1.29, 1.82) is 0 Å². The minimum atomic E-state index is -0.208. The first kappa shape index (κ1) is 16.0. The minimum absolute atomic E-state index is 0.0149. The summed E-state index contributed by atoms with van der Waals surface area (Å²) in [5.41, 5.74) is 5.30. The third kappa shape index (κ3) is 3.20. The molecule has 0 radical (unpaired) electrons. The fourth-order valence-electron chi connectivity index (χ4n) is 2.93. The van der Waals surface area contributed by atoms with Gasteiger partial charge in [0.05, 0.1) is 21.8 Å². The molecule has 0 saturated carbocycles. The lowest BCUT2D eigenvalue weighted by Gasteiger charge is -2.28. The van der Waals surface area contributed by atoms with Gasteiger partial charge < -0.3 is 10.2 Å². The SMILES string of the molecule is O=C(CN1C(=O)CCc2ccccc21)Nc1ccsc1-c1cscn1. The van der Waals surface area contributed by atoms with Gasteiger partial charge in [-0.05, 0) is 29.5 Å². The number of anilines is 2. The number of carbonyl (C=O) groups excluding carboxylic acids is 2. The van der Waals surface area contributed by atoms with Crippen molar-refractivity contribution >= 4 is 45.9 Å². The monoisotopic (exact) mass is 369 g/mol. The van der Waals surface area contributed by atoms with Crippen molar-refractivity contribution in [1.82, 2.24) is 4.98 Å². The van der Waals surface area contributed by atoms with Crippen LogP contribution in [0, 0.1) is 0 Å². The van der Waals surface area contributed by atoms with Crippen LogP contribution in [0.4, 0.5) is 11.4 Å². The molecular formula is C18H15N3O2S2. The number of nitrogens with one attached hydrogen (secondary N) is 1. The number of amides is 2. The van der Waals surface area contributed by atoms with Gasteiger partial charge in [-0.1, -0.05) is 18.2 Å². The average Bonchev–Trinajstić information content (AvgIpc) is 3.28. The fraction of sp³-hybridized carbons (Fsp3) is 0.167. The largest absolute Gasteiger partial charge is 0.323 e. The molecule has 2 aromatic heterocycles. The highest BCUT2D eigenvalue weighted by Crippen LogP contribution is 2.33. The second kappa shape index (κ2) is 6.78. The van der Waals surface area contributed by atoms with Crippen LogP contribution >= 0.6 is 22.7 Å². The lowest BCUT2D eigenvalue weighted by Crippen LogP contribution is -2.40. The Bertz CT molecular complexity index is 918. The van der Waals surface area contributed by atoms with Gasteiger partial charge in [0.15, 0.2) is 0 Å². The van der Waals surface area contributed by atoms with Crippen molar-refractivity contribution in [3.8, 4) is 10.6 Å². The Morgan fingerprint density at radius 2 is 2.12 bits per heavy atom. The van der Waals surface area contributed by atoms with Crippen LogP contribution in [-0.2, 0) is 16.0 Å². The van der Waals surface area contributed by atoms with Crippen LogP contribution in [0.25, 0.3) is 10.6 Å². The van der Waals surface area contributed by atoms with E-state index in [0.29, 0.717) is 6.42 Å². The van der Waals surface area contributed by atoms with Gasteiger partial charge in [0.2, 0.25) is 11.8 Å². The van der Waals surface area contributed by atoms with Crippen LogP contribution in [0.15, 0.2) is 46.6 Å². The number of hydrogen-bond donors (Lipinski definition) is 1. The molecule has 0 atom stereocenters. The van der Waals surface area contributed by atoms with Crippen molar-refractivity contribution in [3.05, 3.63) is 52.2 Å². The number of rotatable bonds is 4. The van der Waals surface area contributed by atoms with Crippen LogP contribution in [0.2, 0.25) is 0 Å². The molecule has 0 aliphatic carbocycles. The number of nitrogens with zero attached hydrogens (tertiary/aromatic N) is 2. The second-order valence-electron chi connectivity index (χ2n) is 5.69. The highest BCUT2D eigenvalue weighted by molar-refractivity contribution is 7.14. The van der Waals surface area contributed by atoms with Crippen LogP contribution in [0.5, 0.6) is 0 Å². The summed E-state index contributed by atoms with van der Waals surface area (Å²) in [6.07, 6.45) is 1.17. The Hall–Kier alpha value is -2.51. The molecule has 5 nitrogen and oxygen atoms in total. The molecule has 3 heterocycles. The number of fused-ring (bicyclic) bond motifs is 1. The number of carbonyl (C=O) groups is 2. The third-order valence-corrected chi connectivity index (χ3v) is 5.62. The summed E-state index contributed by atoms with van der Waals surface area (Å²) < 4.78 is 0. The summed E-state index contributed by atoms with van der Waals surface area (Å²) in [5.74, 6) is -0.223. The molecule has 3 aromatic rings. The molecule has 0 spiro atoms. The van der Waals surface area contributed by atoms with Gasteiger partial charge in [-0.3, -0.25) is 9.59 Å². The van der Waals surface area contributed by atoms with Gasteiger partial charge in [-0.25, -0.2) is 4.98 Å². The summed E-state index contributed by atoms with van der Waals surface area (Å²) in [7, 11) is 0. The summed E-state index contributed by atoms with van der Waals surface area (Å²) in [5, 5.41) is 6.79. The zero-order chi connectivity index (χ0) is 17.2. The van der Waals surface area contributed by atoms with Crippen LogP contribution in [0.1, 0.15) is 12.0 Å². The maximum atomic E-state index is 12.5. The van der Waals surface area contributed by atoms with Crippen molar-refractivity contribution in [3.63, 3.8) is 0 Å². The molecule has 2 amide bonds. The Balaban J connectivity index is 1.52. The smallest absolute Gasteiger partial charge is 0.244 e. The lowest BCUT2D eigenvalue weighted by molar-refractivity contribution is -0.121. The summed E-state index contributed by atoms with van der Waals surface area (Å²) >= 11 is 3.05. The number of aryl methyl sites for hydroxylation is 1. The topological polar surface area (TPSA) is 62.3 Å². The summed E-state index contributed by atoms with van der Waals surface area (Å²) in [4.78, 5) is 31.6. The molecule has 126 valence electrons. The summed E-state index contributed by atoms with van der Waals surface area (Å²) in [6, 6.07) is 9.61. The first-order chi connectivity index (χ1) is 12.2. The van der Waals surface area contributed by atoms with Gasteiger partial charge in [0.1, 0.15) is 6.54 Å². The second-order valence-corrected chi connectivity index (χ2v) is 7.33. The first-order valence-corrected chi connectivity index (χ1v) is 9.69. The quantitative estimate of drug-likeness (QED) is 0.761. The Kier molecular flexibility index (Phi) is 4.33. The number of para-hydroxylation sites is 1. The lowest BCUT2D eigenvalue weighted by atomic mass is 10.0. The first-order valence-electron chi connectivity index (χ1n) is 7.86. The molecule has 1 aromatic carbocycles. The van der Waals surface area contributed by atoms with E-state index in [9.17, 15) is 9.59 Å². The molecule has 1 aliphatic heterocycles. The van der Waals surface area contributed by atoms with Crippen molar-refractivity contribution in [2.75, 3.05) is 16.8 Å². The molecule has 1 N–H and O–H groups in total. The normalized spacial score (nSPS) is 13.6. The zero-order valence-electron chi connectivity index (χ0n) is 13.3. The van der Waals surface area contributed by atoms with Crippen LogP contribution < -0.4 is 10.2 Å². The molecule has 25 heavy (non-hydrogen) atoms. The van der Waals surface area contributed by atoms with Crippen molar-refractivity contribution in [2.45, 2.75) is 12.8 Å². The van der Waals surface area contributed by atoms with Crippen molar-refractivity contribution in [2.24, 2.45) is 0 Å².